The summed E-state index contributed by atoms with van der Waals surface area (Å²) in [6, 6.07) is 24.7. The Hall–Kier alpha value is -4.46. The molecule has 0 aliphatic heterocycles. The lowest BCUT2D eigenvalue weighted by Gasteiger charge is -2.35. The van der Waals surface area contributed by atoms with E-state index in [1.54, 1.807) is 21.0 Å². The van der Waals surface area contributed by atoms with E-state index in [0.29, 0.717) is 76.3 Å². The van der Waals surface area contributed by atoms with Gasteiger partial charge < -0.3 is 43.0 Å². The van der Waals surface area contributed by atoms with E-state index < -0.39 is 11.4 Å². The Morgan fingerprint density at radius 3 is 1.70 bits per heavy atom. The molecule has 0 radical (unpaired) electrons. The number of ketones is 1. The Balaban J connectivity index is 1.53. The Bertz CT molecular complexity index is 1890. The van der Waals surface area contributed by atoms with Crippen molar-refractivity contribution in [2.45, 2.75) is 39.7 Å². The molecule has 57 heavy (non-hydrogen) atoms. The molecule has 1 aliphatic carbocycles. The van der Waals surface area contributed by atoms with Crippen molar-refractivity contribution in [2.24, 2.45) is 0 Å². The topological polar surface area (TPSA) is 128 Å². The number of carbonyl (C=O) groups is 2. The van der Waals surface area contributed by atoms with Crippen LogP contribution in [0.4, 0.5) is 0 Å². The number of hydrogen-bond donors (Lipinski definition) is 1. The van der Waals surface area contributed by atoms with Gasteiger partial charge in [-0.3, -0.25) is 4.79 Å². The van der Waals surface area contributed by atoms with Gasteiger partial charge >= 0.3 is 5.97 Å². The molecule has 0 atom stereocenters. The predicted octanol–water partition coefficient (Wildman–Crippen LogP) is 6.65. The molecule has 5 rings (SSSR count). The van der Waals surface area contributed by atoms with Crippen LogP contribution in [0.2, 0.25) is 0 Å². The smallest absolute Gasteiger partial charge is 0.341 e. The first-order valence-electron chi connectivity index (χ1n) is 19.6. The zero-order valence-electron chi connectivity index (χ0n) is 33.9. The SMILES string of the molecule is CCOC(=O)c1cc(C2(c3ccc(COCCOCCOCCO)c(C(C)=O)c3)c3cc(C)ccc3-c3ccc(C)cc32)ccc1OCCOCCOCCOC. The number of carbonyl (C=O) groups excluding carboxylic acids is 2. The van der Waals surface area contributed by atoms with Crippen LogP contribution in [-0.4, -0.2) is 110 Å². The van der Waals surface area contributed by atoms with Crippen LogP contribution in [0.25, 0.3) is 11.1 Å². The first kappa shape index (κ1) is 43.7. The quantitative estimate of drug-likeness (QED) is 0.0389. The first-order chi connectivity index (χ1) is 27.8. The van der Waals surface area contributed by atoms with E-state index in [-0.39, 0.29) is 38.8 Å². The summed E-state index contributed by atoms with van der Waals surface area (Å²) >= 11 is 0. The molecule has 0 amide bonds. The number of benzene rings is 4. The number of fused-ring (bicyclic) bond motifs is 3. The second-order valence-corrected chi connectivity index (χ2v) is 13.8. The number of rotatable bonds is 25. The van der Waals surface area contributed by atoms with Gasteiger partial charge in [0.2, 0.25) is 0 Å². The molecular formula is C46H56O11. The van der Waals surface area contributed by atoms with E-state index >= 15 is 0 Å². The minimum atomic E-state index is -0.913. The fourth-order valence-electron chi connectivity index (χ4n) is 7.22. The molecule has 1 aliphatic rings. The maximum atomic E-state index is 13.7. The predicted molar refractivity (Wildman–Crippen MR) is 217 cm³/mol. The van der Waals surface area contributed by atoms with Gasteiger partial charge in [0.1, 0.15) is 17.9 Å². The lowest BCUT2D eigenvalue weighted by atomic mass is 9.66. The molecule has 4 aromatic carbocycles. The summed E-state index contributed by atoms with van der Waals surface area (Å²) in [6.07, 6.45) is 0. The number of aryl methyl sites for hydroxylation is 2. The molecule has 0 unspecified atom stereocenters. The van der Waals surface area contributed by atoms with E-state index in [1.807, 2.05) is 30.3 Å². The molecule has 1 N–H and O–H groups in total. The van der Waals surface area contributed by atoms with E-state index in [0.717, 1.165) is 50.1 Å². The number of methoxy groups -OCH3 is 1. The third kappa shape index (κ3) is 10.7. The Morgan fingerprint density at radius 1 is 0.614 bits per heavy atom. The average Bonchev–Trinajstić information content (AvgIpc) is 3.48. The van der Waals surface area contributed by atoms with Gasteiger partial charge in [-0.2, -0.15) is 0 Å². The lowest BCUT2D eigenvalue weighted by molar-refractivity contribution is 0.00443. The number of aliphatic hydroxyl groups is 1. The van der Waals surface area contributed by atoms with Crippen molar-refractivity contribution in [1.82, 2.24) is 0 Å². The second-order valence-electron chi connectivity index (χ2n) is 13.8. The van der Waals surface area contributed by atoms with Crippen LogP contribution >= 0.6 is 0 Å². The molecule has 4 aromatic rings. The second kappa shape index (κ2) is 21.9. The maximum Gasteiger partial charge on any atom is 0.341 e. The van der Waals surface area contributed by atoms with Crippen molar-refractivity contribution in [3.63, 3.8) is 0 Å². The standard InChI is InChI=1S/C46H56O11/c1-6-56-45(49)41-30-37(11-14-44(41)57-26-25-54-22-21-52-18-17-50-5)46(42-27-32(2)7-12-38(42)39-13-8-33(3)28-43(39)46)36-10-9-35(40(29-36)34(4)48)31-55-24-23-53-20-19-51-16-15-47/h7-14,27-30,47H,6,15-26,31H2,1-5H3. The Morgan fingerprint density at radius 2 is 1.14 bits per heavy atom. The fraction of sp³-hybridized carbons (Fsp3) is 0.435. The summed E-state index contributed by atoms with van der Waals surface area (Å²) in [6.45, 7) is 12.0. The van der Waals surface area contributed by atoms with E-state index in [1.165, 1.54) is 0 Å². The van der Waals surface area contributed by atoms with E-state index in [9.17, 15) is 9.59 Å². The molecule has 0 spiro atoms. The summed E-state index contributed by atoms with van der Waals surface area (Å²) < 4.78 is 44.7. The van der Waals surface area contributed by atoms with Crippen molar-refractivity contribution < 1.29 is 52.6 Å². The first-order valence-corrected chi connectivity index (χ1v) is 19.6. The summed E-state index contributed by atoms with van der Waals surface area (Å²) in [5, 5.41) is 8.85. The lowest BCUT2D eigenvalue weighted by Crippen LogP contribution is -2.30. The number of aliphatic hydroxyl groups excluding tert-OH is 1. The van der Waals surface area contributed by atoms with Crippen LogP contribution < -0.4 is 4.74 Å². The highest BCUT2D eigenvalue weighted by molar-refractivity contribution is 5.97. The van der Waals surface area contributed by atoms with Gasteiger partial charge in [0.25, 0.3) is 0 Å². The molecule has 11 heteroatoms. The van der Waals surface area contributed by atoms with Crippen molar-refractivity contribution in [3.8, 4) is 16.9 Å². The molecule has 0 aromatic heterocycles. The molecule has 11 nitrogen and oxygen atoms in total. The van der Waals surface area contributed by atoms with E-state index in [2.05, 4.69) is 56.3 Å². The van der Waals surface area contributed by atoms with Crippen LogP contribution in [0, 0.1) is 13.8 Å². The average molecular weight is 785 g/mol. The third-order valence-corrected chi connectivity index (χ3v) is 9.80. The van der Waals surface area contributed by atoms with Crippen molar-refractivity contribution in [2.75, 3.05) is 93.0 Å². The Kier molecular flexibility index (Phi) is 16.8. The van der Waals surface area contributed by atoms with Crippen LogP contribution in [0.5, 0.6) is 5.75 Å². The largest absolute Gasteiger partial charge is 0.490 e. The third-order valence-electron chi connectivity index (χ3n) is 9.80. The van der Waals surface area contributed by atoms with Gasteiger partial charge in [-0.05, 0) is 84.8 Å². The van der Waals surface area contributed by atoms with Crippen molar-refractivity contribution in [1.29, 1.82) is 0 Å². The van der Waals surface area contributed by atoms with Gasteiger partial charge in [-0.15, -0.1) is 0 Å². The van der Waals surface area contributed by atoms with Crippen LogP contribution in [0.3, 0.4) is 0 Å². The minimum Gasteiger partial charge on any atom is -0.490 e. The summed E-state index contributed by atoms with van der Waals surface area (Å²) in [5.74, 6) is -0.199. The van der Waals surface area contributed by atoms with Crippen LogP contribution in [0.1, 0.15) is 73.5 Å². The van der Waals surface area contributed by atoms with Gasteiger partial charge in [0.05, 0.1) is 91.3 Å². The molecule has 0 saturated carbocycles. The van der Waals surface area contributed by atoms with Crippen molar-refractivity contribution >= 4 is 11.8 Å². The Labute approximate surface area is 336 Å². The maximum absolute atomic E-state index is 13.7. The summed E-state index contributed by atoms with van der Waals surface area (Å²) in [7, 11) is 1.63. The van der Waals surface area contributed by atoms with E-state index in [4.69, 9.17) is 43.0 Å². The van der Waals surface area contributed by atoms with Crippen LogP contribution in [0.15, 0.2) is 72.8 Å². The molecule has 0 fully saturated rings. The minimum absolute atomic E-state index is 0.0279. The van der Waals surface area contributed by atoms with Crippen molar-refractivity contribution in [3.05, 3.63) is 123 Å². The number of esters is 1. The number of Topliss-reactive ketones (excluding diaryl/α,β-unsaturated/α-hetero) is 1. The molecular weight excluding hydrogens is 728 g/mol. The molecule has 0 saturated heterocycles. The number of hydrogen-bond acceptors (Lipinski definition) is 11. The highest BCUT2D eigenvalue weighted by Gasteiger charge is 2.47. The summed E-state index contributed by atoms with van der Waals surface area (Å²) in [4.78, 5) is 27.1. The van der Waals surface area contributed by atoms with Crippen LogP contribution in [-0.2, 0) is 45.2 Å². The molecule has 0 heterocycles. The normalized spacial score (nSPS) is 12.7. The molecule has 0 bridgehead atoms. The zero-order valence-corrected chi connectivity index (χ0v) is 33.9. The fourth-order valence-corrected chi connectivity index (χ4v) is 7.22. The number of ether oxygens (including phenoxy) is 8. The summed E-state index contributed by atoms with van der Waals surface area (Å²) in [5.41, 5.74) is 8.82. The van der Waals surface area contributed by atoms with Gasteiger partial charge in [0.15, 0.2) is 5.78 Å². The van der Waals surface area contributed by atoms with Gasteiger partial charge in [-0.25, -0.2) is 4.79 Å². The van der Waals surface area contributed by atoms with Gasteiger partial charge in [-0.1, -0.05) is 65.7 Å². The monoisotopic (exact) mass is 784 g/mol. The molecule has 306 valence electrons. The highest BCUT2D eigenvalue weighted by Crippen LogP contribution is 2.57. The highest BCUT2D eigenvalue weighted by atomic mass is 16.6. The zero-order chi connectivity index (χ0) is 40.6. The van der Waals surface area contributed by atoms with Gasteiger partial charge in [0, 0.05) is 12.7 Å².